The number of aromatic nitrogens is 3. The molecule has 5 aromatic rings. The van der Waals surface area contributed by atoms with Gasteiger partial charge in [0.05, 0.1) is 17.2 Å². The van der Waals surface area contributed by atoms with E-state index in [4.69, 9.17) is 9.97 Å². The average Bonchev–Trinajstić information content (AvgIpc) is 3.88. The van der Waals surface area contributed by atoms with Crippen LogP contribution >= 0.6 is 0 Å². The molecule has 2 aromatic heterocycles. The number of benzene rings is 3. The summed E-state index contributed by atoms with van der Waals surface area (Å²) < 4.78 is 0. The molecule has 1 aliphatic heterocycles. The third kappa shape index (κ3) is 4.98. The second-order valence-corrected chi connectivity index (χ2v) is 10.5. The Hall–Kier alpha value is -4.78. The molecule has 7 nitrogen and oxygen atoms in total. The lowest BCUT2D eigenvalue weighted by atomic mass is 9.97. The number of carbonyl (C=O) groups is 1. The second-order valence-electron chi connectivity index (χ2n) is 10.5. The first kappa shape index (κ1) is 24.3. The second kappa shape index (κ2) is 10.4. The first-order valence-electron chi connectivity index (χ1n) is 13.9. The minimum atomic E-state index is 0.111. The van der Waals surface area contributed by atoms with Crippen molar-refractivity contribution in [1.29, 1.82) is 0 Å². The van der Waals surface area contributed by atoms with Gasteiger partial charge in [-0.3, -0.25) is 14.8 Å². The zero-order valence-electron chi connectivity index (χ0n) is 22.2. The summed E-state index contributed by atoms with van der Waals surface area (Å²) in [7, 11) is 0. The lowest BCUT2D eigenvalue weighted by molar-refractivity contribution is -0.117. The Labute approximate surface area is 233 Å². The molecule has 0 radical (unpaired) electrons. The van der Waals surface area contributed by atoms with Crippen molar-refractivity contribution in [3.05, 3.63) is 97.5 Å². The molecule has 40 heavy (non-hydrogen) atoms. The van der Waals surface area contributed by atoms with Crippen LogP contribution < -0.4 is 15.1 Å². The average molecular weight is 527 g/mol. The number of amides is 1. The fourth-order valence-electron chi connectivity index (χ4n) is 5.35. The number of nitrogens with zero attached hydrogens (tertiary/aromatic N) is 5. The van der Waals surface area contributed by atoms with Gasteiger partial charge in [0.1, 0.15) is 5.82 Å². The highest BCUT2D eigenvalue weighted by Gasteiger charge is 2.30. The van der Waals surface area contributed by atoms with E-state index >= 15 is 0 Å². The molecule has 1 N–H and O–H groups in total. The maximum Gasteiger partial charge on any atom is 0.227 e. The van der Waals surface area contributed by atoms with Gasteiger partial charge in [-0.2, -0.15) is 0 Å². The standard InChI is InChI=1S/C33H30N6O/c40-33(24-6-7-24)37-29-10-8-25(20-28(29)23-4-2-1-3-5-23)26-9-11-30-31(21-26)36-32(22-35-30)39-18-16-38(17-19-39)27-12-14-34-15-13-27/h1-5,8-15,20-22,24H,6-7,16-19H2,(H,37,40). The van der Waals surface area contributed by atoms with Gasteiger partial charge in [0.2, 0.25) is 5.91 Å². The van der Waals surface area contributed by atoms with Gasteiger partial charge >= 0.3 is 0 Å². The van der Waals surface area contributed by atoms with Gasteiger partial charge in [-0.15, -0.1) is 0 Å². The normalized spacial score (nSPS) is 15.3. The summed E-state index contributed by atoms with van der Waals surface area (Å²) in [5, 5.41) is 3.16. The van der Waals surface area contributed by atoms with Crippen LogP contribution in [0.25, 0.3) is 33.3 Å². The van der Waals surface area contributed by atoms with E-state index in [-0.39, 0.29) is 11.8 Å². The predicted molar refractivity (Wildman–Crippen MR) is 160 cm³/mol. The number of carbonyl (C=O) groups excluding carboxylic acids is 1. The Morgan fingerprint density at radius 2 is 1.48 bits per heavy atom. The number of piperazine rings is 1. The minimum absolute atomic E-state index is 0.111. The molecule has 7 heteroatoms. The van der Waals surface area contributed by atoms with E-state index in [1.807, 2.05) is 48.9 Å². The SMILES string of the molecule is O=C(Nc1ccc(-c2ccc3ncc(N4CCN(c5ccncc5)CC4)nc3c2)cc1-c1ccccc1)C1CC1. The maximum absolute atomic E-state index is 12.6. The van der Waals surface area contributed by atoms with Crippen LogP contribution in [0.5, 0.6) is 0 Å². The van der Waals surface area contributed by atoms with Crippen molar-refractivity contribution in [2.45, 2.75) is 12.8 Å². The maximum atomic E-state index is 12.6. The smallest absolute Gasteiger partial charge is 0.227 e. The first-order chi connectivity index (χ1) is 19.7. The molecule has 1 aliphatic carbocycles. The third-order valence-electron chi connectivity index (χ3n) is 7.80. The van der Waals surface area contributed by atoms with Gasteiger partial charge in [0, 0.05) is 61.4 Å². The van der Waals surface area contributed by atoms with E-state index in [0.717, 1.165) is 83.8 Å². The van der Waals surface area contributed by atoms with Crippen molar-refractivity contribution < 1.29 is 4.79 Å². The van der Waals surface area contributed by atoms with Gasteiger partial charge in [-0.05, 0) is 65.9 Å². The van der Waals surface area contributed by atoms with Crippen LogP contribution in [0.15, 0.2) is 97.5 Å². The molecular weight excluding hydrogens is 496 g/mol. The molecule has 1 amide bonds. The van der Waals surface area contributed by atoms with Crippen molar-refractivity contribution in [1.82, 2.24) is 15.0 Å². The quantitative estimate of drug-likeness (QED) is 0.291. The van der Waals surface area contributed by atoms with Crippen LogP contribution in [-0.4, -0.2) is 47.0 Å². The lowest BCUT2D eigenvalue weighted by Gasteiger charge is -2.36. The summed E-state index contributed by atoms with van der Waals surface area (Å²) in [6.07, 6.45) is 7.52. The molecular formula is C33H30N6O. The number of rotatable bonds is 6. The molecule has 2 fully saturated rings. The van der Waals surface area contributed by atoms with Gasteiger partial charge in [-0.1, -0.05) is 42.5 Å². The fourth-order valence-corrected chi connectivity index (χ4v) is 5.35. The number of hydrogen-bond acceptors (Lipinski definition) is 6. The summed E-state index contributed by atoms with van der Waals surface area (Å²) in [5.74, 6) is 1.16. The highest BCUT2D eigenvalue weighted by molar-refractivity contribution is 5.99. The minimum Gasteiger partial charge on any atom is -0.368 e. The molecule has 198 valence electrons. The van der Waals surface area contributed by atoms with Gasteiger partial charge in [0.15, 0.2) is 0 Å². The summed E-state index contributed by atoms with van der Waals surface area (Å²) in [4.78, 5) is 31.2. The summed E-state index contributed by atoms with van der Waals surface area (Å²) in [6.45, 7) is 3.62. The van der Waals surface area contributed by atoms with Gasteiger partial charge in [-0.25, -0.2) is 4.98 Å². The number of pyridine rings is 1. The summed E-state index contributed by atoms with van der Waals surface area (Å²) in [5.41, 5.74) is 8.03. The third-order valence-corrected chi connectivity index (χ3v) is 7.80. The van der Waals surface area contributed by atoms with Crippen LogP contribution in [-0.2, 0) is 4.79 Å². The topological polar surface area (TPSA) is 74.2 Å². The number of anilines is 3. The molecule has 0 spiro atoms. The largest absolute Gasteiger partial charge is 0.368 e. The lowest BCUT2D eigenvalue weighted by Crippen LogP contribution is -2.46. The number of nitrogens with one attached hydrogen (secondary N) is 1. The monoisotopic (exact) mass is 526 g/mol. The molecule has 0 bridgehead atoms. The molecule has 2 aliphatic rings. The zero-order chi connectivity index (χ0) is 26.9. The molecule has 0 atom stereocenters. The molecule has 3 aromatic carbocycles. The Balaban J connectivity index is 1.16. The Morgan fingerprint density at radius 1 is 0.750 bits per heavy atom. The van der Waals surface area contributed by atoms with Crippen LogP contribution in [0.2, 0.25) is 0 Å². The van der Waals surface area contributed by atoms with Gasteiger partial charge in [0.25, 0.3) is 0 Å². The van der Waals surface area contributed by atoms with E-state index < -0.39 is 0 Å². The number of hydrogen-bond donors (Lipinski definition) is 1. The van der Waals surface area contributed by atoms with E-state index in [1.165, 1.54) is 5.69 Å². The zero-order valence-corrected chi connectivity index (χ0v) is 22.2. The highest BCUT2D eigenvalue weighted by atomic mass is 16.2. The van der Waals surface area contributed by atoms with E-state index in [9.17, 15) is 4.79 Å². The van der Waals surface area contributed by atoms with Crippen LogP contribution in [0.3, 0.4) is 0 Å². The van der Waals surface area contributed by atoms with E-state index in [0.29, 0.717) is 0 Å². The van der Waals surface area contributed by atoms with Crippen molar-refractivity contribution in [3.63, 3.8) is 0 Å². The first-order valence-corrected chi connectivity index (χ1v) is 13.9. The highest BCUT2D eigenvalue weighted by Crippen LogP contribution is 2.36. The summed E-state index contributed by atoms with van der Waals surface area (Å²) in [6, 6.07) is 26.8. The predicted octanol–water partition coefficient (Wildman–Crippen LogP) is 6.03. The van der Waals surface area contributed by atoms with Crippen molar-refractivity contribution >= 4 is 34.1 Å². The molecule has 1 saturated carbocycles. The van der Waals surface area contributed by atoms with Crippen LogP contribution in [0.1, 0.15) is 12.8 Å². The van der Waals surface area contributed by atoms with Crippen molar-refractivity contribution in [3.8, 4) is 22.3 Å². The Bertz CT molecular complexity index is 1660. The molecule has 1 saturated heterocycles. The van der Waals surface area contributed by atoms with E-state index in [1.54, 1.807) is 0 Å². The van der Waals surface area contributed by atoms with Crippen molar-refractivity contribution in [2.75, 3.05) is 41.3 Å². The fraction of sp³-hybridized carbons (Fsp3) is 0.212. The van der Waals surface area contributed by atoms with E-state index in [2.05, 4.69) is 68.6 Å². The number of fused-ring (bicyclic) bond motifs is 1. The molecule has 0 unspecified atom stereocenters. The Morgan fingerprint density at radius 3 is 2.25 bits per heavy atom. The van der Waals surface area contributed by atoms with Crippen LogP contribution in [0.4, 0.5) is 17.2 Å². The van der Waals surface area contributed by atoms with Crippen molar-refractivity contribution in [2.24, 2.45) is 5.92 Å². The van der Waals surface area contributed by atoms with Crippen LogP contribution in [0, 0.1) is 5.92 Å². The molecule has 3 heterocycles. The summed E-state index contributed by atoms with van der Waals surface area (Å²) >= 11 is 0. The molecule has 7 rings (SSSR count). The van der Waals surface area contributed by atoms with Gasteiger partial charge < -0.3 is 15.1 Å². The Kier molecular flexibility index (Phi) is 6.32.